The van der Waals surface area contributed by atoms with Gasteiger partial charge in [-0.15, -0.1) is 0 Å². The largest absolute Gasteiger partial charge is 0.790 e. The molecular weight excluding hydrogens is 523 g/mol. The van der Waals surface area contributed by atoms with Gasteiger partial charge in [0.05, 0.1) is 14.4 Å². The van der Waals surface area contributed by atoms with Crippen LogP contribution in [-0.4, -0.2) is 44.7 Å². The van der Waals surface area contributed by atoms with E-state index in [1.54, 1.807) is 0 Å². The van der Waals surface area contributed by atoms with E-state index in [9.17, 15) is 48.3 Å². The van der Waals surface area contributed by atoms with Gasteiger partial charge in [0.25, 0.3) is 15.6 Å². The van der Waals surface area contributed by atoms with Crippen LogP contribution in [0.4, 0.5) is 5.82 Å². The number of aromatic nitrogens is 2. The molecule has 1 aromatic heterocycles. The summed E-state index contributed by atoms with van der Waals surface area (Å²) < 4.78 is 49.1. The molecule has 2 unspecified atom stereocenters. The molecule has 0 spiro atoms. The van der Waals surface area contributed by atoms with Crippen molar-refractivity contribution in [3.8, 4) is 0 Å². The van der Waals surface area contributed by atoms with E-state index in [0.29, 0.717) is 0 Å². The molecule has 0 aliphatic carbocycles. The molecule has 0 radical (unpaired) electrons. The maximum absolute atomic E-state index is 11.8. The fourth-order valence-corrected chi connectivity index (χ4v) is 5.03. The Kier molecular flexibility index (Phi) is 14.4. The Morgan fingerprint density at radius 1 is 1.03 bits per heavy atom. The lowest BCUT2D eigenvalue weighted by Gasteiger charge is -2.37. The highest BCUT2D eigenvalue weighted by atomic mass is 31.3. The minimum Gasteiger partial charge on any atom is -0.790 e. The first-order chi connectivity index (χ1) is 13.1. The number of nitrogen functional groups attached to an aromatic ring is 1. The van der Waals surface area contributed by atoms with Gasteiger partial charge in [-0.05, 0) is 6.07 Å². The molecule has 0 bridgehead atoms. The highest BCUT2D eigenvalue weighted by Crippen LogP contribution is 2.60. The summed E-state index contributed by atoms with van der Waals surface area (Å²) >= 11 is 0. The number of phosphoric acid groups is 3. The van der Waals surface area contributed by atoms with Gasteiger partial charge >= 0.3 is 5.69 Å². The first-order valence-corrected chi connectivity index (χ1v) is 11.6. The minimum absolute atomic E-state index is 0. The van der Waals surface area contributed by atoms with Crippen LogP contribution in [-0.2, 0) is 31.6 Å². The van der Waals surface area contributed by atoms with Crippen LogP contribution in [0.3, 0.4) is 0 Å². The summed E-state index contributed by atoms with van der Waals surface area (Å²) in [5, 5.41) is 19.9. The van der Waals surface area contributed by atoms with E-state index >= 15 is 0 Å². The Hall–Kier alpha value is -1.19. The van der Waals surface area contributed by atoms with Crippen molar-refractivity contribution in [3.05, 3.63) is 22.7 Å². The van der Waals surface area contributed by atoms with Gasteiger partial charge in [-0.2, -0.15) is 4.98 Å². The van der Waals surface area contributed by atoms with Gasteiger partial charge < -0.3 is 73.9 Å². The zero-order chi connectivity index (χ0) is 22.2. The second-order valence-corrected chi connectivity index (χ2v) is 9.64. The predicted molar refractivity (Wildman–Crippen MR) is 104 cm³/mol. The van der Waals surface area contributed by atoms with Crippen LogP contribution in [0, 0.1) is 0 Å². The molecule has 33 heavy (non-hydrogen) atoms. The van der Waals surface area contributed by atoms with Crippen LogP contribution in [0.15, 0.2) is 17.1 Å². The van der Waals surface area contributed by atoms with E-state index in [-0.39, 0.29) is 30.4 Å². The zero-order valence-electron chi connectivity index (χ0n) is 17.8. The van der Waals surface area contributed by atoms with Crippen LogP contribution < -0.4 is 55.6 Å². The Labute approximate surface area is 185 Å². The highest BCUT2D eigenvalue weighted by molar-refractivity contribution is 7.64. The van der Waals surface area contributed by atoms with Gasteiger partial charge in [0.1, 0.15) is 24.1 Å². The molecule has 1 fully saturated rings. The normalized spacial score (nSPS) is 25.8. The van der Waals surface area contributed by atoms with E-state index in [1.807, 2.05) is 0 Å². The molecule has 0 saturated carbocycles. The van der Waals surface area contributed by atoms with Crippen molar-refractivity contribution >= 4 is 29.3 Å². The van der Waals surface area contributed by atoms with Crippen LogP contribution in [0.5, 0.6) is 0 Å². The second-order valence-electron chi connectivity index (χ2n) is 5.39. The van der Waals surface area contributed by atoms with Gasteiger partial charge in [-0.25, -0.2) is 9.11 Å². The van der Waals surface area contributed by atoms with Crippen molar-refractivity contribution in [2.45, 2.75) is 24.5 Å². The smallest absolute Gasteiger partial charge is 0.351 e. The number of aliphatic hydroxyl groups is 2. The first kappa shape index (κ1) is 36.4. The summed E-state index contributed by atoms with van der Waals surface area (Å²) in [6, 6.07) is 1.17. The average Bonchev–Trinajstić information content (AvgIpc) is 2.78. The Balaban J connectivity index is -0.00000225. The van der Waals surface area contributed by atoms with Gasteiger partial charge in [0.2, 0.25) is 0 Å². The topological polar surface area (TPSA) is 428 Å². The van der Waals surface area contributed by atoms with Gasteiger partial charge in [-0.3, -0.25) is 18.0 Å². The molecule has 20 N–H and O–H groups in total. The van der Waals surface area contributed by atoms with Crippen LogP contribution >= 0.6 is 23.5 Å². The molecule has 1 aromatic rings. The lowest BCUT2D eigenvalue weighted by Crippen LogP contribution is -2.36. The molecule has 2 rings (SSSR count). The minimum atomic E-state index is -6.15. The van der Waals surface area contributed by atoms with E-state index in [0.717, 1.165) is 10.8 Å². The molecule has 198 valence electrons. The summed E-state index contributed by atoms with van der Waals surface area (Å²) in [7, 11) is -18.1. The summed E-state index contributed by atoms with van der Waals surface area (Å²) in [5.74, 6) is -0.145. The zero-order valence-corrected chi connectivity index (χ0v) is 20.5. The number of ether oxygens (including phenoxy) is 1. The van der Waals surface area contributed by atoms with Crippen molar-refractivity contribution in [2.75, 3.05) is 12.3 Å². The van der Waals surface area contributed by atoms with E-state index in [4.69, 9.17) is 10.5 Å². The van der Waals surface area contributed by atoms with Crippen LogP contribution in [0.1, 0.15) is 6.23 Å². The van der Waals surface area contributed by atoms with Crippen LogP contribution in [0.2, 0.25) is 0 Å². The number of phosphoric ester groups is 1. The number of quaternary nitrogens is 4. The first-order valence-electron chi connectivity index (χ1n) is 7.18. The number of anilines is 1. The number of nitrogens with zero attached hydrogens (tertiary/aromatic N) is 2. The lowest BCUT2D eigenvalue weighted by atomic mass is 10.1. The molecule has 0 amide bonds. The molecule has 6 atom stereocenters. The lowest BCUT2D eigenvalue weighted by molar-refractivity contribution is -0.339. The number of hydrogen-bond acceptors (Lipinski definition) is 16. The highest BCUT2D eigenvalue weighted by Gasteiger charge is 2.44. The SMILES string of the molecule is Nc1ccn([C@@H]2O[C@H](COP(=O)([O-])OP(=O)([O-])OP(=O)([O-])[O-])[C@@H](O)[C@H]2O)c(=O)n1.[NH4+].[NH4+].[NH4+].[NH4+]. The maximum atomic E-state index is 11.8. The molecule has 0 aromatic carbocycles. The van der Waals surface area contributed by atoms with E-state index < -0.39 is 60.3 Å². The monoisotopic (exact) mass is 551 g/mol. The van der Waals surface area contributed by atoms with Crippen molar-refractivity contribution in [1.82, 2.24) is 34.2 Å². The van der Waals surface area contributed by atoms with Crippen molar-refractivity contribution in [1.29, 1.82) is 0 Å². The van der Waals surface area contributed by atoms with Gasteiger partial charge in [0.15, 0.2) is 6.23 Å². The number of rotatable bonds is 8. The van der Waals surface area contributed by atoms with Gasteiger partial charge in [-0.1, -0.05) is 0 Å². The number of aliphatic hydroxyl groups excluding tert-OH is 2. The molecule has 1 aliphatic heterocycles. The maximum Gasteiger partial charge on any atom is 0.351 e. The van der Waals surface area contributed by atoms with E-state index in [2.05, 4.69) is 18.1 Å². The van der Waals surface area contributed by atoms with Crippen molar-refractivity contribution in [2.24, 2.45) is 0 Å². The molecule has 24 heteroatoms. The fraction of sp³-hybridized carbons (Fsp3) is 0.556. The summed E-state index contributed by atoms with van der Waals surface area (Å²) in [6.07, 6.45) is -5.66. The Morgan fingerprint density at radius 2 is 1.58 bits per heavy atom. The average molecular weight is 551 g/mol. The Bertz CT molecular complexity index is 956. The predicted octanol–water partition coefficient (Wildman–Crippen LogP) is -3.24. The Morgan fingerprint density at radius 3 is 2.06 bits per heavy atom. The molecule has 21 nitrogen and oxygen atoms in total. The summed E-state index contributed by atoms with van der Waals surface area (Å²) in [4.78, 5) is 58.2. The van der Waals surface area contributed by atoms with Crippen LogP contribution in [0.25, 0.3) is 0 Å². The van der Waals surface area contributed by atoms with Crippen molar-refractivity contribution in [3.63, 3.8) is 0 Å². The third-order valence-electron chi connectivity index (χ3n) is 3.26. The fourth-order valence-electron chi connectivity index (χ4n) is 2.16. The summed E-state index contributed by atoms with van der Waals surface area (Å²) in [5.41, 5.74) is 4.34. The quantitative estimate of drug-likeness (QED) is 0.156. The third kappa shape index (κ3) is 10.3. The van der Waals surface area contributed by atoms with E-state index in [1.165, 1.54) is 6.07 Å². The molecule has 1 aliphatic rings. The molecule has 1 saturated heterocycles. The summed E-state index contributed by atoms with van der Waals surface area (Å²) in [6.45, 7) is -1.14. The second kappa shape index (κ2) is 13.0. The third-order valence-corrected chi connectivity index (χ3v) is 6.93. The molecule has 2 heterocycles. The van der Waals surface area contributed by atoms with Gasteiger partial charge in [0, 0.05) is 6.20 Å². The molecular formula is C9H28N7O14P3. The van der Waals surface area contributed by atoms with Crippen molar-refractivity contribution < 1.29 is 61.4 Å². The standard InChI is InChI=1S/C9H16N3O14P3.4H3N/c10-5-1-2-12(9(15)11-5)8-7(14)6(13)4(24-8)3-23-28(19,20)26-29(21,22)25-27(16,17)18;;;;/h1-2,4,6-8,13-14H,3H2,(H,19,20)(H,21,22)(H2,10,11,15)(H2,16,17,18);4*1H3/t4-,6-,7-,8-;;;;/m1..../s1. The number of hydrogen-bond donors (Lipinski definition) is 7. The number of nitrogens with two attached hydrogens (primary N) is 1.